The second-order valence-corrected chi connectivity index (χ2v) is 11.2. The lowest BCUT2D eigenvalue weighted by atomic mass is 10.0. The number of nitrogen functional groups attached to an aromatic ring is 1. The van der Waals surface area contributed by atoms with Gasteiger partial charge in [-0.05, 0) is 73.4 Å². The minimum absolute atomic E-state index is 0.105. The summed E-state index contributed by atoms with van der Waals surface area (Å²) in [6.07, 6.45) is 9.78. The normalized spacial score (nSPS) is 11.5. The number of nitrogens with two attached hydrogens (primary N) is 1. The molecule has 8 nitrogen and oxygen atoms in total. The van der Waals surface area contributed by atoms with Crippen LogP contribution in [0.2, 0.25) is 0 Å². The number of hydrogen-bond donors (Lipinski definition) is 2. The Hall–Kier alpha value is -3.85. The maximum absolute atomic E-state index is 12.8. The van der Waals surface area contributed by atoms with Gasteiger partial charge in [0.1, 0.15) is 17.2 Å². The lowest BCUT2D eigenvalue weighted by molar-refractivity contribution is -0.131. The molecule has 0 aliphatic carbocycles. The van der Waals surface area contributed by atoms with E-state index in [1.54, 1.807) is 31.4 Å². The Kier molecular flexibility index (Phi) is 11.4. The van der Waals surface area contributed by atoms with Crippen LogP contribution in [0.3, 0.4) is 0 Å². The number of sulfone groups is 1. The maximum Gasteiger partial charge on any atom is 0.328 e. The Morgan fingerprint density at radius 3 is 2.38 bits per heavy atom. The number of rotatable bonds is 16. The van der Waals surface area contributed by atoms with Crippen molar-refractivity contribution >= 4 is 27.6 Å². The van der Waals surface area contributed by atoms with Gasteiger partial charge in [-0.3, -0.25) is 0 Å². The number of aliphatic carboxylic acids is 1. The second kappa shape index (κ2) is 14.9. The molecule has 3 N–H and O–H groups in total. The maximum atomic E-state index is 12.8. The van der Waals surface area contributed by atoms with Crippen LogP contribution in [0, 0.1) is 0 Å². The summed E-state index contributed by atoms with van der Waals surface area (Å²) >= 11 is 0. The monoisotopic (exact) mass is 552 g/mol. The molecule has 0 spiro atoms. The molecule has 1 heterocycles. The van der Waals surface area contributed by atoms with Gasteiger partial charge in [-0.25, -0.2) is 18.2 Å². The Bertz CT molecular complexity index is 1350. The first-order valence-corrected chi connectivity index (χ1v) is 14.7. The van der Waals surface area contributed by atoms with Crippen LogP contribution < -0.4 is 15.2 Å². The van der Waals surface area contributed by atoms with Crippen LogP contribution in [0.1, 0.15) is 55.5 Å². The molecule has 0 saturated heterocycles. The van der Waals surface area contributed by atoms with Crippen molar-refractivity contribution in [1.82, 2.24) is 4.98 Å². The first-order valence-electron chi connectivity index (χ1n) is 13.0. The zero-order valence-electron chi connectivity index (χ0n) is 22.2. The fraction of sp³-hybridized carbons (Fsp3) is 0.333. The number of carboxylic acid groups (broad SMARTS) is 1. The Labute approximate surface area is 230 Å². The van der Waals surface area contributed by atoms with Crippen molar-refractivity contribution in [3.05, 3.63) is 83.7 Å². The summed E-state index contributed by atoms with van der Waals surface area (Å²) in [5, 5.41) is 9.05. The Morgan fingerprint density at radius 2 is 1.69 bits per heavy atom. The Balaban J connectivity index is 1.46. The molecule has 0 saturated carbocycles. The summed E-state index contributed by atoms with van der Waals surface area (Å²) < 4.78 is 36.7. The predicted molar refractivity (Wildman–Crippen MR) is 153 cm³/mol. The topological polar surface area (TPSA) is 129 Å². The van der Waals surface area contributed by atoms with Crippen molar-refractivity contribution in [2.75, 3.05) is 19.5 Å². The number of methoxy groups -OCH3 is 1. The van der Waals surface area contributed by atoms with Gasteiger partial charge in [-0.1, -0.05) is 43.9 Å². The number of hydrogen-bond acceptors (Lipinski definition) is 7. The van der Waals surface area contributed by atoms with Crippen LogP contribution in [0.4, 0.5) is 5.69 Å². The van der Waals surface area contributed by atoms with Gasteiger partial charge < -0.3 is 20.3 Å². The molecule has 39 heavy (non-hydrogen) atoms. The molecule has 0 unspecified atom stereocenters. The third-order valence-electron chi connectivity index (χ3n) is 6.16. The number of ether oxygens (including phenoxy) is 2. The van der Waals surface area contributed by atoms with E-state index < -0.39 is 15.8 Å². The van der Waals surface area contributed by atoms with Crippen LogP contribution >= 0.6 is 0 Å². The highest BCUT2D eigenvalue weighted by Gasteiger charge is 2.18. The van der Waals surface area contributed by atoms with Crippen molar-refractivity contribution < 1.29 is 27.8 Å². The van der Waals surface area contributed by atoms with Crippen molar-refractivity contribution in [1.29, 1.82) is 0 Å². The van der Waals surface area contributed by atoms with Gasteiger partial charge in [-0.2, -0.15) is 0 Å². The smallest absolute Gasteiger partial charge is 0.328 e. The zero-order chi connectivity index (χ0) is 28.1. The van der Waals surface area contributed by atoms with Gasteiger partial charge in [0.2, 0.25) is 0 Å². The molecule has 9 heteroatoms. The van der Waals surface area contributed by atoms with Crippen LogP contribution in [-0.2, 0) is 26.8 Å². The van der Waals surface area contributed by atoms with Crippen molar-refractivity contribution in [3.63, 3.8) is 0 Å². The number of pyridine rings is 1. The van der Waals surface area contributed by atoms with E-state index in [2.05, 4.69) is 17.1 Å². The molecule has 0 amide bonds. The summed E-state index contributed by atoms with van der Waals surface area (Å²) in [6.45, 7) is 0.461. The number of anilines is 1. The first-order chi connectivity index (χ1) is 18.8. The number of nitrogens with zero attached hydrogens (tertiary/aromatic N) is 1. The molecule has 0 aliphatic heterocycles. The lowest BCUT2D eigenvalue weighted by Gasteiger charge is -2.11. The molecule has 0 bridgehead atoms. The largest absolute Gasteiger partial charge is 0.497 e. The average molecular weight is 553 g/mol. The lowest BCUT2D eigenvalue weighted by Crippen LogP contribution is -2.08. The van der Waals surface area contributed by atoms with Gasteiger partial charge in [-0.15, -0.1) is 0 Å². The van der Waals surface area contributed by atoms with Gasteiger partial charge in [0.05, 0.1) is 30.1 Å². The van der Waals surface area contributed by atoms with Crippen molar-refractivity contribution in [3.8, 4) is 11.5 Å². The van der Waals surface area contributed by atoms with E-state index in [0.29, 0.717) is 18.0 Å². The number of carbonyl (C=O) groups is 1. The molecule has 2 aromatic carbocycles. The molecule has 1 aromatic heterocycles. The third-order valence-corrected chi connectivity index (χ3v) is 7.81. The van der Waals surface area contributed by atoms with Crippen molar-refractivity contribution in [2.45, 2.75) is 55.6 Å². The highest BCUT2D eigenvalue weighted by atomic mass is 32.2. The van der Waals surface area contributed by atoms with E-state index in [1.165, 1.54) is 30.2 Å². The third kappa shape index (κ3) is 10.1. The number of aryl methyl sites for hydroxylation is 1. The highest BCUT2D eigenvalue weighted by molar-refractivity contribution is 7.90. The Morgan fingerprint density at radius 1 is 0.974 bits per heavy atom. The minimum atomic E-state index is -3.68. The standard InChI is InChI=1S/C30H36N2O6S/c1-37-26-15-12-23(13-16-26)9-6-4-2-3-5-7-20-38-29-18-14-25(32-28(29)17-19-30(33)34)22-39(35,36)27-11-8-10-24(31)21-27/h8,10-19,21H,2-7,9,20,22,31H2,1H3,(H,33,34)/b19-17+. The van der Waals surface area contributed by atoms with E-state index in [4.69, 9.17) is 20.3 Å². The number of aromatic nitrogens is 1. The zero-order valence-corrected chi connectivity index (χ0v) is 23.0. The molecular formula is C30H36N2O6S. The number of carboxylic acids is 1. The number of unbranched alkanes of at least 4 members (excludes halogenated alkanes) is 5. The first kappa shape index (κ1) is 29.7. The summed E-state index contributed by atoms with van der Waals surface area (Å²) in [4.78, 5) is 15.5. The molecule has 0 fully saturated rings. The van der Waals surface area contributed by atoms with Gasteiger partial charge >= 0.3 is 5.97 Å². The quantitative estimate of drug-likeness (QED) is 0.131. The van der Waals surface area contributed by atoms with E-state index >= 15 is 0 Å². The summed E-state index contributed by atoms with van der Waals surface area (Å²) in [7, 11) is -2.01. The predicted octanol–water partition coefficient (Wildman–Crippen LogP) is 5.71. The highest BCUT2D eigenvalue weighted by Crippen LogP contribution is 2.23. The van der Waals surface area contributed by atoms with Gasteiger partial charge in [0.25, 0.3) is 0 Å². The van der Waals surface area contributed by atoms with E-state index in [-0.39, 0.29) is 22.0 Å². The van der Waals surface area contributed by atoms with Gasteiger partial charge in [0.15, 0.2) is 9.84 Å². The van der Waals surface area contributed by atoms with E-state index in [0.717, 1.165) is 50.4 Å². The van der Waals surface area contributed by atoms with Crippen LogP contribution in [-0.4, -0.2) is 38.2 Å². The molecule has 3 rings (SSSR count). The summed E-state index contributed by atoms with van der Waals surface area (Å²) in [5.74, 6) is -0.187. The molecule has 208 valence electrons. The van der Waals surface area contributed by atoms with Gasteiger partial charge in [0, 0.05) is 11.8 Å². The van der Waals surface area contributed by atoms with Crippen LogP contribution in [0.5, 0.6) is 11.5 Å². The number of benzene rings is 2. The fourth-order valence-electron chi connectivity index (χ4n) is 4.08. The molecule has 0 radical (unpaired) electrons. The SMILES string of the molecule is COc1ccc(CCCCCCCCOc2ccc(CS(=O)(=O)c3cccc(N)c3)nc2/C=C/C(=O)O)cc1. The molecule has 0 aliphatic rings. The van der Waals surface area contributed by atoms with E-state index in [1.807, 2.05) is 12.1 Å². The summed E-state index contributed by atoms with van der Waals surface area (Å²) in [5.41, 5.74) is 7.95. The van der Waals surface area contributed by atoms with E-state index in [9.17, 15) is 13.2 Å². The molecule has 3 aromatic rings. The van der Waals surface area contributed by atoms with Crippen molar-refractivity contribution in [2.24, 2.45) is 0 Å². The minimum Gasteiger partial charge on any atom is -0.497 e. The van der Waals surface area contributed by atoms with Crippen LogP contribution in [0.25, 0.3) is 6.08 Å². The molecular weight excluding hydrogens is 516 g/mol. The molecule has 0 atom stereocenters. The summed E-state index contributed by atoms with van der Waals surface area (Å²) in [6, 6.07) is 17.5. The van der Waals surface area contributed by atoms with Crippen LogP contribution in [0.15, 0.2) is 71.6 Å². The average Bonchev–Trinajstić information content (AvgIpc) is 2.92. The fourth-order valence-corrected chi connectivity index (χ4v) is 5.39. The second-order valence-electron chi connectivity index (χ2n) is 9.26.